The molecule has 0 spiro atoms. The van der Waals surface area contributed by atoms with E-state index in [1.54, 1.807) is 12.1 Å². The van der Waals surface area contributed by atoms with Gasteiger partial charge in [-0.1, -0.05) is 12.1 Å². The second kappa shape index (κ2) is 7.16. The van der Waals surface area contributed by atoms with E-state index in [4.69, 9.17) is 9.47 Å². The quantitative estimate of drug-likeness (QED) is 0.913. The van der Waals surface area contributed by atoms with Crippen molar-refractivity contribution in [3.63, 3.8) is 0 Å². The highest BCUT2D eigenvalue weighted by molar-refractivity contribution is 5.94. The number of benzene rings is 2. The Morgan fingerprint density at radius 2 is 1.92 bits per heavy atom. The molecule has 5 nitrogen and oxygen atoms in total. The molecule has 24 heavy (non-hydrogen) atoms. The number of amides is 1. The zero-order chi connectivity index (χ0) is 16.9. The summed E-state index contributed by atoms with van der Waals surface area (Å²) >= 11 is 0. The monoisotopic (exact) mass is 335 g/mol. The standard InChI is InChI=1S/C17H15F2NO4/c18-17(19)24-13-3-1-2-12(9-13)16(21)20-10-11-4-5-14-15(8-11)23-7-6-22-14/h1-5,8-9,17H,6-7,10H2,(H,20,21). The van der Waals surface area contributed by atoms with Crippen LogP contribution >= 0.6 is 0 Å². The predicted molar refractivity (Wildman–Crippen MR) is 81.7 cm³/mol. The Hall–Kier alpha value is -2.83. The summed E-state index contributed by atoms with van der Waals surface area (Å²) in [4.78, 5) is 12.1. The number of halogens is 2. The highest BCUT2D eigenvalue weighted by Gasteiger charge is 2.13. The molecule has 0 radical (unpaired) electrons. The van der Waals surface area contributed by atoms with E-state index in [0.29, 0.717) is 24.7 Å². The summed E-state index contributed by atoms with van der Waals surface area (Å²) in [6, 6.07) is 11.0. The fraction of sp³-hybridized carbons (Fsp3) is 0.235. The van der Waals surface area contributed by atoms with Gasteiger partial charge in [-0.25, -0.2) is 0 Å². The smallest absolute Gasteiger partial charge is 0.387 e. The van der Waals surface area contributed by atoms with Gasteiger partial charge in [0, 0.05) is 12.1 Å². The maximum Gasteiger partial charge on any atom is 0.387 e. The number of fused-ring (bicyclic) bond motifs is 1. The van der Waals surface area contributed by atoms with Crippen LogP contribution in [0.5, 0.6) is 17.2 Å². The molecular formula is C17H15F2NO4. The number of carbonyl (C=O) groups is 1. The van der Waals surface area contributed by atoms with Crippen LogP contribution in [0, 0.1) is 0 Å². The van der Waals surface area contributed by atoms with E-state index in [1.807, 2.05) is 6.07 Å². The lowest BCUT2D eigenvalue weighted by atomic mass is 10.1. The Morgan fingerprint density at radius 1 is 1.12 bits per heavy atom. The van der Waals surface area contributed by atoms with Crippen molar-refractivity contribution in [3.8, 4) is 17.2 Å². The molecular weight excluding hydrogens is 320 g/mol. The topological polar surface area (TPSA) is 56.8 Å². The van der Waals surface area contributed by atoms with Crippen LogP contribution in [0.15, 0.2) is 42.5 Å². The Morgan fingerprint density at radius 3 is 2.71 bits per heavy atom. The molecule has 1 amide bonds. The fourth-order valence-electron chi connectivity index (χ4n) is 2.30. The van der Waals surface area contributed by atoms with Crippen molar-refractivity contribution in [1.82, 2.24) is 5.32 Å². The van der Waals surface area contributed by atoms with Gasteiger partial charge in [-0.05, 0) is 35.9 Å². The molecule has 0 aliphatic carbocycles. The highest BCUT2D eigenvalue weighted by atomic mass is 19.3. The normalized spacial score (nSPS) is 12.8. The Kier molecular flexibility index (Phi) is 4.79. The fourth-order valence-corrected chi connectivity index (χ4v) is 2.30. The van der Waals surface area contributed by atoms with Crippen molar-refractivity contribution in [2.45, 2.75) is 13.2 Å². The SMILES string of the molecule is O=C(NCc1ccc2c(c1)OCCO2)c1cccc(OC(F)F)c1. The molecule has 0 unspecified atom stereocenters. The number of hydrogen-bond acceptors (Lipinski definition) is 4. The van der Waals surface area contributed by atoms with E-state index in [2.05, 4.69) is 10.1 Å². The lowest BCUT2D eigenvalue weighted by Crippen LogP contribution is -2.23. The van der Waals surface area contributed by atoms with Crippen LogP contribution in [0.1, 0.15) is 15.9 Å². The molecule has 0 fully saturated rings. The van der Waals surface area contributed by atoms with Gasteiger partial charge in [0.25, 0.3) is 5.91 Å². The van der Waals surface area contributed by atoms with Crippen molar-refractivity contribution >= 4 is 5.91 Å². The number of hydrogen-bond donors (Lipinski definition) is 1. The van der Waals surface area contributed by atoms with E-state index in [0.717, 1.165) is 5.56 Å². The van der Waals surface area contributed by atoms with Gasteiger partial charge in [0.2, 0.25) is 0 Å². The molecule has 1 heterocycles. The first-order chi connectivity index (χ1) is 11.6. The van der Waals surface area contributed by atoms with Gasteiger partial charge in [-0.3, -0.25) is 4.79 Å². The molecule has 126 valence electrons. The first kappa shape index (κ1) is 16.0. The molecule has 0 saturated heterocycles. The second-order valence-electron chi connectivity index (χ2n) is 5.07. The van der Waals surface area contributed by atoms with Gasteiger partial charge in [0.15, 0.2) is 11.5 Å². The van der Waals surface area contributed by atoms with Gasteiger partial charge in [0.1, 0.15) is 19.0 Å². The van der Waals surface area contributed by atoms with Gasteiger partial charge in [-0.15, -0.1) is 0 Å². The van der Waals surface area contributed by atoms with Gasteiger partial charge < -0.3 is 19.5 Å². The van der Waals surface area contributed by atoms with Crippen LogP contribution in [-0.4, -0.2) is 25.7 Å². The average Bonchev–Trinajstić information content (AvgIpc) is 2.59. The van der Waals surface area contributed by atoms with Crippen LogP contribution in [0.25, 0.3) is 0 Å². The van der Waals surface area contributed by atoms with Crippen LogP contribution in [-0.2, 0) is 6.54 Å². The van der Waals surface area contributed by atoms with E-state index in [1.165, 1.54) is 24.3 Å². The third kappa shape index (κ3) is 3.92. The van der Waals surface area contributed by atoms with Crippen LogP contribution in [0.2, 0.25) is 0 Å². The molecule has 1 N–H and O–H groups in total. The third-order valence-electron chi connectivity index (χ3n) is 3.38. The first-order valence-corrected chi connectivity index (χ1v) is 7.33. The maximum absolute atomic E-state index is 12.2. The van der Waals surface area contributed by atoms with Crippen molar-refractivity contribution < 1.29 is 27.8 Å². The van der Waals surface area contributed by atoms with Gasteiger partial charge in [-0.2, -0.15) is 8.78 Å². The molecule has 1 aliphatic rings. The zero-order valence-corrected chi connectivity index (χ0v) is 12.6. The van der Waals surface area contributed by atoms with Crippen molar-refractivity contribution in [2.75, 3.05) is 13.2 Å². The number of carbonyl (C=O) groups excluding carboxylic acids is 1. The zero-order valence-electron chi connectivity index (χ0n) is 12.6. The molecule has 1 aliphatic heterocycles. The molecule has 0 aromatic heterocycles. The summed E-state index contributed by atoms with van der Waals surface area (Å²) in [5, 5.41) is 2.72. The van der Waals surface area contributed by atoms with Crippen molar-refractivity contribution in [2.24, 2.45) is 0 Å². The molecule has 2 aromatic rings. The molecule has 0 bridgehead atoms. The van der Waals surface area contributed by atoms with E-state index < -0.39 is 6.61 Å². The third-order valence-corrected chi connectivity index (χ3v) is 3.38. The maximum atomic E-state index is 12.2. The Labute approximate surface area is 137 Å². The highest BCUT2D eigenvalue weighted by Crippen LogP contribution is 2.30. The van der Waals surface area contributed by atoms with Crippen LogP contribution < -0.4 is 19.5 Å². The van der Waals surface area contributed by atoms with Crippen LogP contribution in [0.3, 0.4) is 0 Å². The average molecular weight is 335 g/mol. The van der Waals surface area contributed by atoms with Crippen molar-refractivity contribution in [1.29, 1.82) is 0 Å². The summed E-state index contributed by atoms with van der Waals surface area (Å²) in [5.41, 5.74) is 1.08. The summed E-state index contributed by atoms with van der Waals surface area (Å²) in [6.45, 7) is -1.66. The van der Waals surface area contributed by atoms with E-state index in [-0.39, 0.29) is 23.8 Å². The second-order valence-corrected chi connectivity index (χ2v) is 5.07. The minimum absolute atomic E-state index is 0.0584. The summed E-state index contributed by atoms with van der Waals surface area (Å²) < 4.78 is 39.6. The van der Waals surface area contributed by atoms with Crippen LogP contribution in [0.4, 0.5) is 8.78 Å². The lowest BCUT2D eigenvalue weighted by Gasteiger charge is -2.19. The predicted octanol–water partition coefficient (Wildman–Crippen LogP) is 2.99. The Bertz CT molecular complexity index is 736. The molecule has 7 heteroatoms. The number of alkyl halides is 2. The van der Waals surface area contributed by atoms with E-state index in [9.17, 15) is 13.6 Å². The lowest BCUT2D eigenvalue weighted by molar-refractivity contribution is -0.0498. The minimum atomic E-state index is -2.93. The van der Waals surface area contributed by atoms with E-state index >= 15 is 0 Å². The summed E-state index contributed by atoms with van der Waals surface area (Å²) in [6.07, 6.45) is 0. The van der Waals surface area contributed by atoms with Gasteiger partial charge in [0.05, 0.1) is 0 Å². The van der Waals surface area contributed by atoms with Crippen molar-refractivity contribution in [3.05, 3.63) is 53.6 Å². The van der Waals surface area contributed by atoms with Gasteiger partial charge >= 0.3 is 6.61 Å². The number of rotatable bonds is 5. The molecule has 0 atom stereocenters. The summed E-state index contributed by atoms with van der Waals surface area (Å²) in [7, 11) is 0. The first-order valence-electron chi connectivity index (χ1n) is 7.33. The largest absolute Gasteiger partial charge is 0.486 e. The number of nitrogens with one attached hydrogen (secondary N) is 1. The minimum Gasteiger partial charge on any atom is -0.486 e. The Balaban J connectivity index is 1.63. The molecule has 3 rings (SSSR count). The molecule has 0 saturated carbocycles. The summed E-state index contributed by atoms with van der Waals surface area (Å²) in [5.74, 6) is 0.870. The number of ether oxygens (including phenoxy) is 3. The molecule has 2 aromatic carbocycles.